The normalized spacial score (nSPS) is 14.3. The van der Waals surface area contributed by atoms with E-state index in [1.807, 2.05) is 39.1 Å². The molecule has 0 saturated carbocycles. The zero-order chi connectivity index (χ0) is 25.2. The third-order valence-corrected chi connectivity index (χ3v) is 7.16. The van der Waals surface area contributed by atoms with Gasteiger partial charge >= 0.3 is 0 Å². The van der Waals surface area contributed by atoms with Crippen molar-refractivity contribution in [3.8, 4) is 0 Å². The van der Waals surface area contributed by atoms with Crippen LogP contribution in [0.1, 0.15) is 35.3 Å². The number of nitrogens with zero attached hydrogens (tertiary/aromatic N) is 3. The second-order valence-electron chi connectivity index (χ2n) is 9.22. The molecule has 0 radical (unpaired) electrons. The van der Waals surface area contributed by atoms with E-state index in [0.29, 0.717) is 35.8 Å². The number of amides is 1. The van der Waals surface area contributed by atoms with Crippen molar-refractivity contribution < 1.29 is 13.2 Å². The maximum absolute atomic E-state index is 13.1. The first-order chi connectivity index (χ1) is 16.6. The smallest absolute Gasteiger partial charge is 0.259 e. The van der Waals surface area contributed by atoms with Crippen LogP contribution in [-0.2, 0) is 21.9 Å². The van der Waals surface area contributed by atoms with Gasteiger partial charge in [-0.05, 0) is 53.9 Å². The van der Waals surface area contributed by atoms with Crippen molar-refractivity contribution >= 4 is 38.9 Å². The number of carbonyl (C=O) groups excluding carboxylic acids is 1. The lowest BCUT2D eigenvalue weighted by Crippen LogP contribution is -2.33. The van der Waals surface area contributed by atoms with Crippen LogP contribution in [0.3, 0.4) is 0 Å². The second kappa shape index (κ2) is 9.53. The van der Waals surface area contributed by atoms with E-state index in [1.165, 1.54) is 10.6 Å². The largest absolute Gasteiger partial charge is 0.373 e. The quantitative estimate of drug-likeness (QED) is 0.439. The Labute approximate surface area is 206 Å². The summed E-state index contributed by atoms with van der Waals surface area (Å²) >= 11 is 0. The second-order valence-corrected chi connectivity index (χ2v) is 11.1. The Hall–Kier alpha value is -3.66. The SMILES string of the molecule is CNc1cc(CCNc2ncccc2C(=O)Nc2ccc3c(c2)N(S(C)(=O)=O)CC3(C)C)ccn1. The van der Waals surface area contributed by atoms with Crippen molar-refractivity contribution in [3.63, 3.8) is 0 Å². The molecule has 1 aliphatic rings. The van der Waals surface area contributed by atoms with E-state index in [2.05, 4.69) is 25.9 Å². The molecular weight excluding hydrogens is 464 g/mol. The molecule has 4 rings (SSSR count). The average Bonchev–Trinajstić information content (AvgIpc) is 3.10. The van der Waals surface area contributed by atoms with Crippen molar-refractivity contribution in [1.82, 2.24) is 9.97 Å². The molecule has 1 aliphatic heterocycles. The zero-order valence-electron chi connectivity index (χ0n) is 20.3. The van der Waals surface area contributed by atoms with Gasteiger partial charge in [-0.15, -0.1) is 0 Å². The molecule has 2 aromatic heterocycles. The topological polar surface area (TPSA) is 116 Å². The molecule has 0 atom stereocenters. The number of aromatic nitrogens is 2. The molecular formula is C25H30N6O3S. The minimum Gasteiger partial charge on any atom is -0.373 e. The van der Waals surface area contributed by atoms with Crippen LogP contribution in [-0.4, -0.2) is 50.7 Å². The molecule has 184 valence electrons. The fourth-order valence-electron chi connectivity index (χ4n) is 4.23. The Kier molecular flexibility index (Phi) is 6.66. The van der Waals surface area contributed by atoms with Crippen molar-refractivity contribution in [2.45, 2.75) is 25.7 Å². The number of carbonyl (C=O) groups is 1. The van der Waals surface area contributed by atoms with Crippen LogP contribution in [0.25, 0.3) is 0 Å². The molecule has 0 unspecified atom stereocenters. The van der Waals surface area contributed by atoms with Gasteiger partial charge in [-0.3, -0.25) is 9.10 Å². The Balaban J connectivity index is 1.49. The Morgan fingerprint density at radius 1 is 1.11 bits per heavy atom. The zero-order valence-corrected chi connectivity index (χ0v) is 21.1. The monoisotopic (exact) mass is 494 g/mol. The van der Waals surface area contributed by atoms with Crippen LogP contribution in [0.5, 0.6) is 0 Å². The fourth-order valence-corrected chi connectivity index (χ4v) is 5.30. The van der Waals surface area contributed by atoms with Crippen molar-refractivity contribution in [1.29, 1.82) is 0 Å². The lowest BCUT2D eigenvalue weighted by molar-refractivity contribution is 0.102. The molecule has 1 aromatic carbocycles. The highest BCUT2D eigenvalue weighted by molar-refractivity contribution is 7.92. The Morgan fingerprint density at radius 2 is 1.91 bits per heavy atom. The number of fused-ring (bicyclic) bond motifs is 1. The number of sulfonamides is 1. The predicted octanol–water partition coefficient (Wildman–Crippen LogP) is 3.48. The maximum atomic E-state index is 13.1. The molecule has 0 aliphatic carbocycles. The van der Waals surface area contributed by atoms with Gasteiger partial charge in [-0.25, -0.2) is 18.4 Å². The number of pyridine rings is 2. The van der Waals surface area contributed by atoms with E-state index < -0.39 is 10.0 Å². The minimum atomic E-state index is -3.44. The van der Waals surface area contributed by atoms with Gasteiger partial charge in [0.1, 0.15) is 11.6 Å². The number of hydrogen-bond acceptors (Lipinski definition) is 7. The summed E-state index contributed by atoms with van der Waals surface area (Å²) in [5.74, 6) is 0.950. The molecule has 35 heavy (non-hydrogen) atoms. The van der Waals surface area contributed by atoms with E-state index in [-0.39, 0.29) is 11.3 Å². The number of nitrogens with one attached hydrogen (secondary N) is 3. The summed E-state index contributed by atoms with van der Waals surface area (Å²) in [4.78, 5) is 21.7. The molecule has 0 saturated heterocycles. The van der Waals surface area contributed by atoms with Crippen LogP contribution >= 0.6 is 0 Å². The van der Waals surface area contributed by atoms with E-state index in [0.717, 1.165) is 23.4 Å². The summed E-state index contributed by atoms with van der Waals surface area (Å²) in [5.41, 5.74) is 3.24. The van der Waals surface area contributed by atoms with Gasteiger partial charge < -0.3 is 16.0 Å². The number of hydrogen-bond donors (Lipinski definition) is 3. The lowest BCUT2D eigenvalue weighted by atomic mass is 9.87. The summed E-state index contributed by atoms with van der Waals surface area (Å²) in [6.45, 7) is 4.97. The van der Waals surface area contributed by atoms with Crippen molar-refractivity contribution in [2.75, 3.05) is 46.6 Å². The third kappa shape index (κ3) is 5.37. The van der Waals surface area contributed by atoms with E-state index in [9.17, 15) is 13.2 Å². The maximum Gasteiger partial charge on any atom is 0.259 e. The van der Waals surface area contributed by atoms with Crippen molar-refractivity contribution in [3.05, 3.63) is 71.5 Å². The molecule has 1 amide bonds. The molecule has 3 N–H and O–H groups in total. The molecule has 0 fully saturated rings. The highest BCUT2D eigenvalue weighted by atomic mass is 32.2. The standard InChI is InChI=1S/C25H30N6O3S/c1-25(2)16-31(35(4,33)34)21-15-18(7-8-20(21)25)30-24(32)19-6-5-11-28-23(19)29-13-10-17-9-12-27-22(14-17)26-3/h5-9,11-12,14-15H,10,13,16H2,1-4H3,(H,26,27)(H,28,29)(H,30,32). The van der Waals surface area contributed by atoms with Crippen LogP contribution in [0.4, 0.5) is 23.0 Å². The first kappa shape index (κ1) is 24.5. The third-order valence-electron chi connectivity index (χ3n) is 6.03. The van der Waals surface area contributed by atoms with E-state index in [4.69, 9.17) is 0 Å². The van der Waals surface area contributed by atoms with Gasteiger partial charge in [0.15, 0.2) is 0 Å². The minimum absolute atomic E-state index is 0.315. The van der Waals surface area contributed by atoms with Crippen LogP contribution < -0.4 is 20.3 Å². The number of rotatable bonds is 8. The fraction of sp³-hybridized carbons (Fsp3) is 0.320. The van der Waals surface area contributed by atoms with E-state index >= 15 is 0 Å². The summed E-state index contributed by atoms with van der Waals surface area (Å²) < 4.78 is 26.1. The van der Waals surface area contributed by atoms with Gasteiger partial charge in [0.05, 0.1) is 17.5 Å². The molecule has 0 bridgehead atoms. The van der Waals surface area contributed by atoms with Crippen LogP contribution in [0.2, 0.25) is 0 Å². The van der Waals surface area contributed by atoms with E-state index in [1.54, 1.807) is 36.7 Å². The van der Waals surface area contributed by atoms with Crippen LogP contribution in [0, 0.1) is 0 Å². The molecule has 3 aromatic rings. The molecule has 10 heteroatoms. The molecule has 9 nitrogen and oxygen atoms in total. The molecule has 3 heterocycles. The Morgan fingerprint density at radius 3 is 2.66 bits per heavy atom. The summed E-state index contributed by atoms with van der Waals surface area (Å²) in [5, 5.41) is 9.16. The first-order valence-electron chi connectivity index (χ1n) is 11.3. The summed E-state index contributed by atoms with van der Waals surface area (Å²) in [6, 6.07) is 12.7. The summed E-state index contributed by atoms with van der Waals surface area (Å²) in [6.07, 6.45) is 5.31. The van der Waals surface area contributed by atoms with Gasteiger partial charge in [0.2, 0.25) is 10.0 Å². The lowest BCUT2D eigenvalue weighted by Gasteiger charge is -2.20. The predicted molar refractivity (Wildman–Crippen MR) is 140 cm³/mol. The number of anilines is 4. The first-order valence-corrected chi connectivity index (χ1v) is 13.2. The van der Waals surface area contributed by atoms with Gasteiger partial charge in [-0.2, -0.15) is 0 Å². The number of benzene rings is 1. The van der Waals surface area contributed by atoms with Gasteiger partial charge in [0, 0.05) is 43.6 Å². The van der Waals surface area contributed by atoms with Crippen LogP contribution in [0.15, 0.2) is 54.9 Å². The van der Waals surface area contributed by atoms with Gasteiger partial charge in [0.25, 0.3) is 5.91 Å². The highest BCUT2D eigenvalue weighted by Crippen LogP contribution is 2.43. The Bertz CT molecular complexity index is 1360. The molecule has 0 spiro atoms. The van der Waals surface area contributed by atoms with Gasteiger partial charge in [-0.1, -0.05) is 19.9 Å². The highest BCUT2D eigenvalue weighted by Gasteiger charge is 2.39. The average molecular weight is 495 g/mol. The summed E-state index contributed by atoms with van der Waals surface area (Å²) in [7, 11) is -1.61. The van der Waals surface area contributed by atoms with Crippen molar-refractivity contribution in [2.24, 2.45) is 0 Å².